The minimum absolute atomic E-state index is 0.00153. The van der Waals surface area contributed by atoms with E-state index in [2.05, 4.69) is 10.3 Å². The molecule has 1 saturated carbocycles. The van der Waals surface area contributed by atoms with E-state index in [4.69, 9.17) is 11.6 Å². The molecule has 2 aromatic carbocycles. The van der Waals surface area contributed by atoms with Gasteiger partial charge in [-0.25, -0.2) is 18.2 Å². The van der Waals surface area contributed by atoms with Crippen LogP contribution in [0.3, 0.4) is 0 Å². The van der Waals surface area contributed by atoms with Crippen LogP contribution in [0.1, 0.15) is 41.9 Å². The number of imidazole rings is 1. The summed E-state index contributed by atoms with van der Waals surface area (Å²) in [6, 6.07) is 15.5. The van der Waals surface area contributed by atoms with Gasteiger partial charge in [-0.2, -0.15) is 4.31 Å². The fourth-order valence-electron chi connectivity index (χ4n) is 4.93. The van der Waals surface area contributed by atoms with Crippen LogP contribution in [0.4, 0.5) is 4.79 Å². The second kappa shape index (κ2) is 10.0. The van der Waals surface area contributed by atoms with Crippen LogP contribution in [0.5, 0.6) is 0 Å². The molecule has 0 aliphatic heterocycles. The number of rotatable bonds is 9. The topological polar surface area (TPSA) is 105 Å². The van der Waals surface area contributed by atoms with Crippen molar-refractivity contribution >= 4 is 27.7 Å². The minimum atomic E-state index is -3.74. The zero-order valence-electron chi connectivity index (χ0n) is 19.7. The highest BCUT2D eigenvalue weighted by molar-refractivity contribution is 7.89. The average molecular weight is 517 g/mol. The molecule has 1 amide bonds. The maximum atomic E-state index is 12.9. The van der Waals surface area contributed by atoms with Crippen LogP contribution in [-0.4, -0.2) is 47.1 Å². The summed E-state index contributed by atoms with van der Waals surface area (Å²) in [6.07, 6.45) is 4.77. The molecule has 0 radical (unpaired) electrons. The third kappa shape index (κ3) is 5.22. The Labute approximate surface area is 210 Å². The van der Waals surface area contributed by atoms with Crippen LogP contribution in [0.2, 0.25) is 5.02 Å². The lowest BCUT2D eigenvalue weighted by molar-refractivity contribution is 0.173. The molecule has 1 aliphatic carbocycles. The lowest BCUT2D eigenvalue weighted by atomic mass is 9.56. The van der Waals surface area contributed by atoms with Crippen molar-refractivity contribution in [3.05, 3.63) is 82.8 Å². The lowest BCUT2D eigenvalue weighted by Crippen LogP contribution is -2.45. The highest BCUT2D eigenvalue weighted by atomic mass is 35.5. The number of hydrogen-bond acceptors (Lipinski definition) is 4. The van der Waals surface area contributed by atoms with Crippen LogP contribution in [-0.2, 0) is 29.0 Å². The molecule has 3 aromatic rings. The molecule has 186 valence electrons. The number of aryl methyl sites for hydroxylation is 1. The minimum Gasteiger partial charge on any atom is -0.465 e. The van der Waals surface area contributed by atoms with Gasteiger partial charge in [0.15, 0.2) is 5.03 Å². The largest absolute Gasteiger partial charge is 0.465 e. The summed E-state index contributed by atoms with van der Waals surface area (Å²) in [6.45, 7) is 0.420. The lowest BCUT2D eigenvalue weighted by Gasteiger charge is -2.49. The van der Waals surface area contributed by atoms with Crippen molar-refractivity contribution in [1.82, 2.24) is 19.2 Å². The molecule has 1 unspecified atom stereocenters. The Kier molecular flexibility index (Phi) is 7.21. The predicted octanol–water partition coefficient (Wildman–Crippen LogP) is 4.37. The van der Waals surface area contributed by atoms with Crippen molar-refractivity contribution in [1.29, 1.82) is 0 Å². The Bertz CT molecular complexity index is 1300. The maximum Gasteiger partial charge on any atom is 0.404 e. The molecule has 10 heteroatoms. The van der Waals surface area contributed by atoms with Gasteiger partial charge in [0.25, 0.3) is 10.0 Å². The molecule has 4 rings (SSSR count). The molecule has 1 fully saturated rings. The third-order valence-corrected chi connectivity index (χ3v) is 8.84. The number of nitrogens with one attached hydrogen (secondary N) is 1. The summed E-state index contributed by atoms with van der Waals surface area (Å²) in [4.78, 5) is 15.4. The Morgan fingerprint density at radius 3 is 2.54 bits per heavy atom. The zero-order valence-corrected chi connectivity index (χ0v) is 21.3. The molecule has 1 atom stereocenters. The second-order valence-electron chi connectivity index (χ2n) is 9.14. The Morgan fingerprint density at radius 2 is 1.97 bits per heavy atom. The van der Waals surface area contributed by atoms with Crippen LogP contribution < -0.4 is 5.32 Å². The van der Waals surface area contributed by atoms with Gasteiger partial charge in [-0.1, -0.05) is 54.4 Å². The quantitative estimate of drug-likeness (QED) is 0.439. The SMILES string of the molecule is CN(Cc1cccc(C(CNC(=O)O)C2(c3ccc(Cl)cc3)CCC2)c1)S(=O)(=O)c1cn(C)cn1. The van der Waals surface area contributed by atoms with E-state index >= 15 is 0 Å². The second-order valence-corrected chi connectivity index (χ2v) is 11.6. The highest BCUT2D eigenvalue weighted by Crippen LogP contribution is 2.53. The monoisotopic (exact) mass is 516 g/mol. The zero-order chi connectivity index (χ0) is 25.2. The Morgan fingerprint density at radius 1 is 1.26 bits per heavy atom. The molecule has 1 aromatic heterocycles. The summed E-state index contributed by atoms with van der Waals surface area (Å²) >= 11 is 6.12. The van der Waals surface area contributed by atoms with Gasteiger partial charge in [0.05, 0.1) is 6.33 Å². The molecule has 1 heterocycles. The first-order valence-corrected chi connectivity index (χ1v) is 13.2. The number of nitrogens with zero attached hydrogens (tertiary/aromatic N) is 3. The van der Waals surface area contributed by atoms with Gasteiger partial charge in [0.2, 0.25) is 0 Å². The van der Waals surface area contributed by atoms with E-state index in [1.807, 2.05) is 48.5 Å². The van der Waals surface area contributed by atoms with Gasteiger partial charge in [0, 0.05) is 49.7 Å². The van der Waals surface area contributed by atoms with Crippen LogP contribution in [0.15, 0.2) is 66.1 Å². The van der Waals surface area contributed by atoms with E-state index in [1.54, 1.807) is 11.6 Å². The molecule has 2 N–H and O–H groups in total. The molecular formula is C25H29ClN4O4S. The number of halogens is 1. The first kappa shape index (κ1) is 25.2. The van der Waals surface area contributed by atoms with E-state index in [-0.39, 0.29) is 29.4 Å². The van der Waals surface area contributed by atoms with Gasteiger partial charge < -0.3 is 15.0 Å². The summed E-state index contributed by atoms with van der Waals surface area (Å²) < 4.78 is 28.7. The summed E-state index contributed by atoms with van der Waals surface area (Å²) in [7, 11) is -0.492. The number of carbonyl (C=O) groups is 1. The Balaban J connectivity index is 1.65. The van der Waals surface area contributed by atoms with Crippen molar-refractivity contribution in [2.45, 2.75) is 42.2 Å². The maximum absolute atomic E-state index is 12.9. The van der Waals surface area contributed by atoms with Gasteiger partial charge in [-0.05, 0) is 41.7 Å². The number of hydrogen-bond donors (Lipinski definition) is 2. The molecule has 8 nitrogen and oxygen atoms in total. The number of benzene rings is 2. The highest BCUT2D eigenvalue weighted by Gasteiger charge is 2.46. The van der Waals surface area contributed by atoms with E-state index in [1.165, 1.54) is 23.9 Å². The average Bonchev–Trinajstić information content (AvgIpc) is 3.23. The van der Waals surface area contributed by atoms with Crippen molar-refractivity contribution in [2.24, 2.45) is 7.05 Å². The number of amides is 1. The van der Waals surface area contributed by atoms with E-state index in [0.717, 1.165) is 36.0 Å². The van der Waals surface area contributed by atoms with Crippen molar-refractivity contribution in [3.8, 4) is 0 Å². The van der Waals surface area contributed by atoms with Crippen molar-refractivity contribution in [2.75, 3.05) is 13.6 Å². The van der Waals surface area contributed by atoms with Crippen LogP contribution in [0.25, 0.3) is 0 Å². The molecule has 0 bridgehead atoms. The van der Waals surface area contributed by atoms with Crippen molar-refractivity contribution < 1.29 is 18.3 Å². The first-order chi connectivity index (χ1) is 16.6. The normalized spacial score (nSPS) is 16.0. The number of sulfonamides is 1. The van der Waals surface area contributed by atoms with Crippen LogP contribution in [0, 0.1) is 0 Å². The smallest absolute Gasteiger partial charge is 0.404 e. The fraction of sp³-hybridized carbons (Fsp3) is 0.360. The number of aromatic nitrogens is 2. The van der Waals surface area contributed by atoms with E-state index in [0.29, 0.717) is 5.02 Å². The summed E-state index contributed by atoms with van der Waals surface area (Å²) in [5.41, 5.74) is 2.69. The molecule has 0 saturated heterocycles. The van der Waals surface area contributed by atoms with Gasteiger partial charge >= 0.3 is 6.09 Å². The Hall–Kier alpha value is -2.88. The van der Waals surface area contributed by atoms with Gasteiger partial charge in [-0.3, -0.25) is 0 Å². The third-order valence-electron chi connectivity index (χ3n) is 6.90. The van der Waals surface area contributed by atoms with Gasteiger partial charge in [-0.15, -0.1) is 0 Å². The predicted molar refractivity (Wildman–Crippen MR) is 134 cm³/mol. The summed E-state index contributed by atoms with van der Waals surface area (Å²) in [5, 5.41) is 12.6. The van der Waals surface area contributed by atoms with Crippen molar-refractivity contribution in [3.63, 3.8) is 0 Å². The van der Waals surface area contributed by atoms with E-state index < -0.39 is 16.1 Å². The van der Waals surface area contributed by atoms with E-state index in [9.17, 15) is 18.3 Å². The standard InChI is InChI=1S/C25H29ClN4O4S/c1-29-16-23(28-17-29)35(33,34)30(2)15-18-5-3-6-19(13-18)22(14-27-24(31)32)25(11-4-12-25)20-7-9-21(26)10-8-20/h3,5-10,13,16-17,22,27H,4,11-12,14-15H2,1-2H3,(H,31,32). The van der Waals surface area contributed by atoms with Crippen LogP contribution >= 0.6 is 11.6 Å². The molecule has 0 spiro atoms. The van der Waals surface area contributed by atoms with Gasteiger partial charge in [0.1, 0.15) is 0 Å². The summed E-state index contributed by atoms with van der Waals surface area (Å²) in [5.74, 6) is -0.119. The molecule has 1 aliphatic rings. The number of carboxylic acid groups (broad SMARTS) is 1. The molecular weight excluding hydrogens is 488 g/mol. The fourth-order valence-corrected chi connectivity index (χ4v) is 6.18. The molecule has 35 heavy (non-hydrogen) atoms. The first-order valence-electron chi connectivity index (χ1n) is 11.4.